The van der Waals surface area contributed by atoms with Crippen LogP contribution in [0.4, 0.5) is 10.5 Å². The van der Waals surface area contributed by atoms with Crippen LogP contribution in [0.3, 0.4) is 0 Å². The summed E-state index contributed by atoms with van der Waals surface area (Å²) in [5.74, 6) is 0. The third-order valence-electron chi connectivity index (χ3n) is 2.02. The van der Waals surface area contributed by atoms with E-state index in [1.807, 2.05) is 6.07 Å². The van der Waals surface area contributed by atoms with Crippen molar-refractivity contribution in [2.24, 2.45) is 0 Å². The molecule has 0 radical (unpaired) electrons. The molecule has 0 unspecified atom stereocenters. The molecule has 0 saturated carbocycles. The molecule has 2 N–H and O–H groups in total. The summed E-state index contributed by atoms with van der Waals surface area (Å²) in [6.07, 6.45) is -0.582. The number of carbonyl (C=O) groups is 1. The monoisotopic (exact) mass is 250 g/mol. The second-order valence-electron chi connectivity index (χ2n) is 3.26. The van der Waals surface area contributed by atoms with Crippen molar-refractivity contribution in [1.82, 2.24) is 4.37 Å². The lowest BCUT2D eigenvalue weighted by Gasteiger charge is -2.05. The quantitative estimate of drug-likeness (QED) is 0.877. The van der Waals surface area contributed by atoms with E-state index in [2.05, 4.69) is 9.69 Å². The molecule has 5 nitrogen and oxygen atoms in total. The molecule has 1 aromatic carbocycles. The Hall–Kier alpha value is -2.08. The average molecular weight is 250 g/mol. The molecular formula is C11H10N2O3S. The number of amides is 1. The minimum atomic E-state index is -0.582. The zero-order valence-corrected chi connectivity index (χ0v) is 9.62. The minimum absolute atomic E-state index is 0.0303. The summed E-state index contributed by atoms with van der Waals surface area (Å²) in [5.41, 5.74) is 0.873. The van der Waals surface area contributed by atoms with Gasteiger partial charge in [0.2, 0.25) is 0 Å². The number of anilines is 1. The number of hydrogen-bond donors (Lipinski definition) is 2. The van der Waals surface area contributed by atoms with Crippen molar-refractivity contribution >= 4 is 23.3 Å². The zero-order chi connectivity index (χ0) is 12.1. The van der Waals surface area contributed by atoms with Gasteiger partial charge in [-0.3, -0.25) is 14.5 Å². The molecular weight excluding hydrogens is 240 g/mol. The van der Waals surface area contributed by atoms with Crippen LogP contribution >= 0.6 is 11.5 Å². The summed E-state index contributed by atoms with van der Waals surface area (Å²) in [6.45, 7) is -0.0303. The van der Waals surface area contributed by atoms with E-state index in [0.717, 1.165) is 0 Å². The maximum Gasteiger partial charge on any atom is 0.411 e. The first-order valence-corrected chi connectivity index (χ1v) is 5.77. The van der Waals surface area contributed by atoms with Crippen molar-refractivity contribution in [2.45, 2.75) is 6.61 Å². The third-order valence-corrected chi connectivity index (χ3v) is 2.73. The lowest BCUT2D eigenvalue weighted by Crippen LogP contribution is -2.15. The van der Waals surface area contributed by atoms with E-state index in [9.17, 15) is 9.59 Å². The number of rotatable bonds is 3. The fourth-order valence-corrected chi connectivity index (χ4v) is 1.81. The average Bonchev–Trinajstić information content (AvgIpc) is 2.74. The Kier molecular flexibility index (Phi) is 3.56. The van der Waals surface area contributed by atoms with Gasteiger partial charge in [0.05, 0.1) is 5.56 Å². The molecule has 1 amide bonds. The molecule has 0 aliphatic rings. The Morgan fingerprint density at radius 2 is 2.12 bits per heavy atom. The standard InChI is InChI=1S/C11H10N2O3S/c14-10-8(7-17-13-10)6-16-11(15)12-9-4-2-1-3-5-9/h1-5,7H,6H2,(H,12,15)(H,13,14). The molecule has 1 heterocycles. The largest absolute Gasteiger partial charge is 0.444 e. The Labute approximate surface area is 101 Å². The van der Waals surface area contributed by atoms with E-state index in [1.54, 1.807) is 29.6 Å². The molecule has 0 aliphatic heterocycles. The summed E-state index contributed by atoms with van der Waals surface area (Å²) in [7, 11) is 0. The highest BCUT2D eigenvalue weighted by Crippen LogP contribution is 2.06. The van der Waals surface area contributed by atoms with Crippen molar-refractivity contribution in [3.8, 4) is 0 Å². The number of H-pyrrole nitrogens is 1. The summed E-state index contributed by atoms with van der Waals surface area (Å²) >= 11 is 1.17. The van der Waals surface area contributed by atoms with Crippen LogP contribution in [0.2, 0.25) is 0 Å². The molecule has 0 fully saturated rings. The van der Waals surface area contributed by atoms with E-state index >= 15 is 0 Å². The number of hydrogen-bond acceptors (Lipinski definition) is 4. The first-order chi connectivity index (χ1) is 8.25. The van der Waals surface area contributed by atoms with Gasteiger partial charge in [0.15, 0.2) is 0 Å². The number of aromatic amines is 1. The van der Waals surface area contributed by atoms with Gasteiger partial charge in [-0.25, -0.2) is 4.79 Å². The first kappa shape index (κ1) is 11.4. The fraction of sp³-hybridized carbons (Fsp3) is 0.0909. The van der Waals surface area contributed by atoms with Crippen molar-refractivity contribution in [3.05, 3.63) is 51.6 Å². The molecule has 0 aliphatic carbocycles. The Morgan fingerprint density at radius 3 is 2.76 bits per heavy atom. The van der Waals surface area contributed by atoms with Crippen LogP contribution in [0, 0.1) is 0 Å². The maximum atomic E-state index is 11.4. The number of benzene rings is 1. The van der Waals surface area contributed by atoms with Gasteiger partial charge >= 0.3 is 6.09 Å². The number of nitrogens with one attached hydrogen (secondary N) is 2. The second-order valence-corrected chi connectivity index (χ2v) is 3.93. The van der Waals surface area contributed by atoms with Crippen LogP contribution < -0.4 is 10.9 Å². The topological polar surface area (TPSA) is 71.2 Å². The molecule has 2 rings (SSSR count). The lowest BCUT2D eigenvalue weighted by atomic mass is 10.3. The molecule has 88 valence electrons. The number of carbonyl (C=O) groups excluding carboxylic acids is 1. The normalized spacial score (nSPS) is 9.88. The SMILES string of the molecule is O=C(Nc1ccccc1)OCc1cs[nH]c1=O. The van der Waals surface area contributed by atoms with Crippen molar-refractivity contribution in [2.75, 3.05) is 5.32 Å². The smallest absolute Gasteiger partial charge is 0.411 e. The van der Waals surface area contributed by atoms with Gasteiger partial charge in [0.1, 0.15) is 6.61 Å². The first-order valence-electron chi connectivity index (χ1n) is 4.89. The Balaban J connectivity index is 1.87. The van der Waals surface area contributed by atoms with Gasteiger partial charge < -0.3 is 4.74 Å². The molecule has 2 aromatic rings. The van der Waals surface area contributed by atoms with Crippen LogP contribution in [-0.4, -0.2) is 10.5 Å². The van der Waals surface area contributed by atoms with Crippen LogP contribution in [0.1, 0.15) is 5.56 Å². The zero-order valence-electron chi connectivity index (χ0n) is 8.80. The van der Waals surface area contributed by atoms with E-state index in [4.69, 9.17) is 4.74 Å². The molecule has 17 heavy (non-hydrogen) atoms. The van der Waals surface area contributed by atoms with Gasteiger partial charge in [-0.05, 0) is 12.1 Å². The van der Waals surface area contributed by atoms with Gasteiger partial charge in [0.25, 0.3) is 5.56 Å². The van der Waals surface area contributed by atoms with Gasteiger partial charge in [-0.2, -0.15) is 0 Å². The van der Waals surface area contributed by atoms with E-state index in [1.165, 1.54) is 11.5 Å². The summed E-state index contributed by atoms with van der Waals surface area (Å²) < 4.78 is 7.42. The molecule has 1 aromatic heterocycles. The summed E-state index contributed by atoms with van der Waals surface area (Å²) in [5, 5.41) is 4.18. The number of aromatic nitrogens is 1. The number of para-hydroxylation sites is 1. The van der Waals surface area contributed by atoms with Crippen LogP contribution in [-0.2, 0) is 11.3 Å². The van der Waals surface area contributed by atoms with Gasteiger partial charge in [0, 0.05) is 11.1 Å². The highest BCUT2D eigenvalue weighted by Gasteiger charge is 2.06. The molecule has 0 spiro atoms. The van der Waals surface area contributed by atoms with Crippen LogP contribution in [0.15, 0.2) is 40.5 Å². The molecule has 0 saturated heterocycles. The van der Waals surface area contributed by atoms with Crippen molar-refractivity contribution in [1.29, 1.82) is 0 Å². The van der Waals surface area contributed by atoms with E-state index in [0.29, 0.717) is 11.3 Å². The fourth-order valence-electron chi connectivity index (χ4n) is 1.19. The van der Waals surface area contributed by atoms with Gasteiger partial charge in [-0.15, -0.1) is 0 Å². The van der Waals surface area contributed by atoms with Crippen molar-refractivity contribution < 1.29 is 9.53 Å². The summed E-state index contributed by atoms with van der Waals surface area (Å²) in [6, 6.07) is 8.96. The second kappa shape index (κ2) is 5.31. The lowest BCUT2D eigenvalue weighted by molar-refractivity contribution is 0.155. The predicted molar refractivity (Wildman–Crippen MR) is 65.2 cm³/mol. The minimum Gasteiger partial charge on any atom is -0.444 e. The molecule has 0 atom stereocenters. The molecule has 0 bridgehead atoms. The molecule has 6 heteroatoms. The van der Waals surface area contributed by atoms with Crippen LogP contribution in [0.5, 0.6) is 0 Å². The predicted octanol–water partition coefficient (Wildman–Crippen LogP) is 2.19. The maximum absolute atomic E-state index is 11.4. The Morgan fingerprint density at radius 1 is 1.35 bits per heavy atom. The highest BCUT2D eigenvalue weighted by atomic mass is 32.1. The van der Waals surface area contributed by atoms with E-state index < -0.39 is 6.09 Å². The van der Waals surface area contributed by atoms with Crippen molar-refractivity contribution in [3.63, 3.8) is 0 Å². The highest BCUT2D eigenvalue weighted by molar-refractivity contribution is 7.03. The third kappa shape index (κ3) is 3.18. The van der Waals surface area contributed by atoms with Gasteiger partial charge in [-0.1, -0.05) is 29.7 Å². The Bertz CT molecular complexity index is 547. The van der Waals surface area contributed by atoms with E-state index in [-0.39, 0.29) is 12.2 Å². The van der Waals surface area contributed by atoms with Crippen LogP contribution in [0.25, 0.3) is 0 Å². The number of ether oxygens (including phenoxy) is 1. The summed E-state index contributed by atoms with van der Waals surface area (Å²) in [4.78, 5) is 22.5.